The van der Waals surface area contributed by atoms with Gasteiger partial charge in [0.15, 0.2) is 11.0 Å². The maximum Gasteiger partial charge on any atom is 0.227 e. The van der Waals surface area contributed by atoms with Crippen molar-refractivity contribution in [3.63, 3.8) is 0 Å². The lowest BCUT2D eigenvalue weighted by Gasteiger charge is -2.18. The van der Waals surface area contributed by atoms with Gasteiger partial charge in [-0.25, -0.2) is 9.22 Å². The fourth-order valence-electron chi connectivity index (χ4n) is 1.69. The number of rotatable bonds is 4. The fourth-order valence-corrected chi connectivity index (χ4v) is 2.47. The monoisotopic (exact) mass is 282 g/mol. The number of nitrogens with zero attached hydrogens (tertiary/aromatic N) is 3. The maximum atomic E-state index is 12.0. The van der Waals surface area contributed by atoms with Gasteiger partial charge in [-0.05, 0) is 25.5 Å². The van der Waals surface area contributed by atoms with Crippen LogP contribution in [-0.4, -0.2) is 34.5 Å². The molecule has 0 aliphatic carbocycles. The molecule has 0 aromatic carbocycles. The van der Waals surface area contributed by atoms with E-state index in [9.17, 15) is 4.21 Å². The zero-order valence-electron chi connectivity index (χ0n) is 11.1. The molecule has 0 spiro atoms. The summed E-state index contributed by atoms with van der Waals surface area (Å²) in [7, 11) is -1.46. The second kappa shape index (κ2) is 6.51. The molecule has 104 valence electrons. The third-order valence-corrected chi connectivity index (χ3v) is 3.73. The van der Waals surface area contributed by atoms with Crippen molar-refractivity contribution in [2.75, 3.05) is 13.1 Å². The van der Waals surface area contributed by atoms with E-state index in [0.717, 1.165) is 13.0 Å². The van der Waals surface area contributed by atoms with E-state index in [-0.39, 0.29) is 0 Å². The zero-order valence-corrected chi connectivity index (χ0v) is 11.9. The summed E-state index contributed by atoms with van der Waals surface area (Å²) in [4.78, 5) is 4.31. The molecule has 1 N–H and O–H groups in total. The molecule has 0 radical (unpaired) electrons. The first kappa shape index (κ1) is 13.8. The summed E-state index contributed by atoms with van der Waals surface area (Å²) in [6.45, 7) is 5.40. The van der Waals surface area contributed by atoms with Gasteiger partial charge in [-0.3, -0.25) is 9.71 Å². The molecular formula is C12H18N4O2S. The third-order valence-electron chi connectivity index (χ3n) is 2.76. The van der Waals surface area contributed by atoms with Gasteiger partial charge in [0, 0.05) is 18.7 Å². The number of guanidine groups is 1. The van der Waals surface area contributed by atoms with Crippen molar-refractivity contribution in [2.45, 2.75) is 25.4 Å². The van der Waals surface area contributed by atoms with Crippen molar-refractivity contribution >= 4 is 23.2 Å². The van der Waals surface area contributed by atoms with E-state index in [1.54, 1.807) is 17.1 Å². The third kappa shape index (κ3) is 3.44. The van der Waals surface area contributed by atoms with Gasteiger partial charge in [0.25, 0.3) is 0 Å². The van der Waals surface area contributed by atoms with Crippen LogP contribution in [0.4, 0.5) is 0 Å². The highest BCUT2D eigenvalue weighted by Gasteiger charge is 2.22. The Morgan fingerprint density at radius 1 is 1.68 bits per heavy atom. The smallest absolute Gasteiger partial charge is 0.227 e. The Bertz CT molecular complexity index is 484. The Morgan fingerprint density at radius 2 is 2.53 bits per heavy atom. The number of hydrazone groups is 1. The number of nitrogens with one attached hydrogen (secondary N) is 1. The van der Waals surface area contributed by atoms with Crippen molar-refractivity contribution in [2.24, 2.45) is 16.0 Å². The molecule has 2 unspecified atom stereocenters. The first-order valence-corrected chi connectivity index (χ1v) is 7.47. The van der Waals surface area contributed by atoms with E-state index in [2.05, 4.69) is 21.7 Å². The molecule has 1 aliphatic heterocycles. The van der Waals surface area contributed by atoms with Crippen LogP contribution in [0.1, 0.15) is 20.3 Å². The van der Waals surface area contributed by atoms with Gasteiger partial charge in [-0.2, -0.15) is 5.10 Å². The fraction of sp³-hybridized carbons (Fsp3) is 0.500. The molecule has 1 aliphatic rings. The van der Waals surface area contributed by atoms with Crippen molar-refractivity contribution in [1.29, 1.82) is 0 Å². The molecule has 2 heterocycles. The molecular weight excluding hydrogens is 264 g/mol. The van der Waals surface area contributed by atoms with Gasteiger partial charge < -0.3 is 4.42 Å². The summed E-state index contributed by atoms with van der Waals surface area (Å²) in [5, 5.41) is 6.41. The Kier molecular flexibility index (Phi) is 4.73. The lowest BCUT2D eigenvalue weighted by atomic mass is 10.1. The minimum atomic E-state index is -1.46. The molecule has 1 aromatic heterocycles. The minimum absolute atomic E-state index is 0.374. The zero-order chi connectivity index (χ0) is 13.7. The predicted octanol–water partition coefficient (Wildman–Crippen LogP) is 1.60. The molecule has 7 heteroatoms. The molecule has 0 saturated heterocycles. The van der Waals surface area contributed by atoms with Gasteiger partial charge in [0.2, 0.25) is 11.1 Å². The maximum absolute atomic E-state index is 12.0. The molecule has 2 rings (SSSR count). The quantitative estimate of drug-likeness (QED) is 0.673. The molecule has 0 saturated carbocycles. The van der Waals surface area contributed by atoms with Gasteiger partial charge in [0.1, 0.15) is 0 Å². The number of furan rings is 1. The van der Waals surface area contributed by atoms with E-state index >= 15 is 0 Å². The number of aliphatic imine (C=N–C) groups is 1. The second-order valence-corrected chi connectivity index (χ2v) is 5.26. The highest BCUT2D eigenvalue weighted by molar-refractivity contribution is 7.83. The van der Waals surface area contributed by atoms with Gasteiger partial charge in [0.05, 0.1) is 12.8 Å². The van der Waals surface area contributed by atoms with Crippen molar-refractivity contribution < 1.29 is 8.63 Å². The summed E-state index contributed by atoms with van der Waals surface area (Å²) >= 11 is 0. The minimum Gasteiger partial charge on any atom is -0.454 e. The van der Waals surface area contributed by atoms with Crippen LogP contribution < -0.4 is 4.72 Å². The van der Waals surface area contributed by atoms with E-state index in [1.807, 2.05) is 13.1 Å². The van der Waals surface area contributed by atoms with Crippen LogP contribution in [0.15, 0.2) is 38.0 Å². The van der Waals surface area contributed by atoms with Crippen molar-refractivity contribution in [3.05, 3.63) is 18.4 Å². The lowest BCUT2D eigenvalue weighted by molar-refractivity contribution is 0.429. The Balaban J connectivity index is 2.04. The van der Waals surface area contributed by atoms with Crippen molar-refractivity contribution in [3.8, 4) is 0 Å². The second-order valence-electron chi connectivity index (χ2n) is 4.12. The number of hydrogen-bond acceptors (Lipinski definition) is 4. The standard InChI is InChI=1S/C12H18N4O2S/c1-3-10-8-14-16(9-10)12(13-4-2)15-19(17)11-6-5-7-18-11/h5-8,10H,3-4,9H2,1-2H3,(H,13,15). The molecule has 1 aromatic rings. The van der Waals surface area contributed by atoms with Gasteiger partial charge in [-0.15, -0.1) is 0 Å². The normalized spacial score (nSPS) is 20.8. The van der Waals surface area contributed by atoms with Gasteiger partial charge in [-0.1, -0.05) is 6.92 Å². The topological polar surface area (TPSA) is 70.2 Å². The van der Waals surface area contributed by atoms with Gasteiger partial charge >= 0.3 is 0 Å². The summed E-state index contributed by atoms with van der Waals surface area (Å²) < 4.78 is 20.0. The highest BCUT2D eigenvalue weighted by Crippen LogP contribution is 2.12. The first-order chi connectivity index (χ1) is 9.24. The van der Waals surface area contributed by atoms with Crippen LogP contribution in [0.25, 0.3) is 0 Å². The van der Waals surface area contributed by atoms with E-state index in [0.29, 0.717) is 23.5 Å². The number of hydrogen-bond donors (Lipinski definition) is 1. The summed E-state index contributed by atoms with van der Waals surface area (Å²) in [6, 6.07) is 3.36. The summed E-state index contributed by atoms with van der Waals surface area (Å²) in [5.74, 6) is 0.935. The van der Waals surface area contributed by atoms with E-state index < -0.39 is 11.0 Å². The first-order valence-electron chi connectivity index (χ1n) is 6.32. The van der Waals surface area contributed by atoms with Crippen molar-refractivity contribution in [1.82, 2.24) is 9.73 Å². The summed E-state index contributed by atoms with van der Waals surface area (Å²) in [6.07, 6.45) is 4.43. The largest absolute Gasteiger partial charge is 0.454 e. The molecule has 6 nitrogen and oxygen atoms in total. The summed E-state index contributed by atoms with van der Waals surface area (Å²) in [5.41, 5.74) is 0. The van der Waals surface area contributed by atoms with Crippen LogP contribution >= 0.6 is 0 Å². The van der Waals surface area contributed by atoms with Crippen LogP contribution in [-0.2, 0) is 11.0 Å². The SMILES string of the molecule is CCN=C(NS(=O)c1ccco1)N1CC(CC)C=N1. The van der Waals surface area contributed by atoms with Crippen LogP contribution in [0, 0.1) is 5.92 Å². The van der Waals surface area contributed by atoms with E-state index in [4.69, 9.17) is 4.42 Å². The van der Waals surface area contributed by atoms with Crippen LogP contribution in [0.3, 0.4) is 0 Å². The lowest BCUT2D eigenvalue weighted by Crippen LogP contribution is -2.39. The molecule has 2 atom stereocenters. The van der Waals surface area contributed by atoms with Crippen LogP contribution in [0.2, 0.25) is 0 Å². The Hall–Kier alpha value is -1.63. The Labute approximate surface area is 115 Å². The average molecular weight is 282 g/mol. The average Bonchev–Trinajstić information content (AvgIpc) is 3.09. The molecule has 0 amide bonds. The van der Waals surface area contributed by atoms with Crippen LogP contribution in [0.5, 0.6) is 0 Å². The van der Waals surface area contributed by atoms with E-state index in [1.165, 1.54) is 6.26 Å². The molecule has 0 fully saturated rings. The molecule has 19 heavy (non-hydrogen) atoms. The highest BCUT2D eigenvalue weighted by atomic mass is 32.2. The predicted molar refractivity (Wildman–Crippen MR) is 75.2 cm³/mol. The Morgan fingerprint density at radius 3 is 3.11 bits per heavy atom. The molecule has 0 bridgehead atoms.